The fourth-order valence-corrected chi connectivity index (χ4v) is 1.35. The monoisotopic (exact) mass is 264 g/mol. The van der Waals surface area contributed by atoms with E-state index in [1.807, 2.05) is 0 Å². The molecule has 0 unspecified atom stereocenters. The van der Waals surface area contributed by atoms with Crippen molar-refractivity contribution in [2.75, 3.05) is 7.11 Å². The smallest absolute Gasteiger partial charge is 0.464 e. The average Bonchev–Trinajstić information content (AvgIpc) is 2.25. The maximum absolute atomic E-state index is 12.2. The fourth-order valence-electron chi connectivity index (χ4n) is 1.35. The van der Waals surface area contributed by atoms with E-state index in [9.17, 15) is 18.0 Å². The average molecular weight is 264 g/mol. The maximum atomic E-state index is 12.2. The lowest BCUT2D eigenvalue weighted by Gasteiger charge is -2.15. The first-order valence-corrected chi connectivity index (χ1v) is 4.83. The zero-order valence-corrected chi connectivity index (χ0v) is 9.67. The van der Waals surface area contributed by atoms with Crippen molar-refractivity contribution in [3.05, 3.63) is 23.0 Å². The number of ether oxygens (including phenoxy) is 2. The van der Waals surface area contributed by atoms with Crippen LogP contribution in [0, 0.1) is 6.92 Å². The van der Waals surface area contributed by atoms with E-state index in [2.05, 4.69) is 14.5 Å². The van der Waals surface area contributed by atoms with E-state index in [1.165, 1.54) is 6.92 Å². The third-order valence-corrected chi connectivity index (χ3v) is 2.02. The minimum absolute atomic E-state index is 0.148. The van der Waals surface area contributed by atoms with Crippen LogP contribution in [0.1, 0.15) is 21.7 Å². The van der Waals surface area contributed by atoms with Crippen molar-refractivity contribution in [2.24, 2.45) is 5.73 Å². The Morgan fingerprint density at radius 1 is 1.50 bits per heavy atom. The highest BCUT2D eigenvalue weighted by Crippen LogP contribution is 2.28. The number of pyridine rings is 1. The Morgan fingerprint density at radius 3 is 2.56 bits per heavy atom. The molecule has 0 radical (unpaired) electrons. The van der Waals surface area contributed by atoms with Gasteiger partial charge in [-0.25, -0.2) is 9.78 Å². The summed E-state index contributed by atoms with van der Waals surface area (Å²) in [5, 5.41) is 0. The van der Waals surface area contributed by atoms with E-state index in [4.69, 9.17) is 5.73 Å². The van der Waals surface area contributed by atoms with Crippen molar-refractivity contribution in [3.8, 4) is 5.75 Å². The molecule has 100 valence electrons. The van der Waals surface area contributed by atoms with Gasteiger partial charge in [0, 0.05) is 23.9 Å². The van der Waals surface area contributed by atoms with E-state index < -0.39 is 18.1 Å². The molecular formula is C10H11F3N2O3. The van der Waals surface area contributed by atoms with Crippen molar-refractivity contribution >= 4 is 5.97 Å². The number of nitrogens with zero attached hydrogens (tertiary/aromatic N) is 1. The summed E-state index contributed by atoms with van der Waals surface area (Å²) in [6.07, 6.45) is -4.87. The summed E-state index contributed by atoms with van der Waals surface area (Å²) in [6, 6.07) is 1.06. The second-order valence-corrected chi connectivity index (χ2v) is 3.33. The van der Waals surface area contributed by atoms with Crippen LogP contribution >= 0.6 is 0 Å². The molecule has 0 aromatic carbocycles. The number of halogens is 3. The Kier molecular flexibility index (Phi) is 4.12. The van der Waals surface area contributed by atoms with Crippen molar-refractivity contribution in [1.82, 2.24) is 4.98 Å². The molecule has 0 spiro atoms. The molecule has 2 N–H and O–H groups in total. The second kappa shape index (κ2) is 5.21. The zero-order chi connectivity index (χ0) is 13.9. The standard InChI is InChI=1S/C10H11F3N2O3/c1-5-3-7(18-10(11,12)13)6(4-14)8(15-5)9(16)17-2/h3H,4,14H2,1-2H3. The largest absolute Gasteiger partial charge is 0.573 e. The molecule has 0 amide bonds. The van der Waals surface area contributed by atoms with Crippen LogP contribution in [-0.2, 0) is 11.3 Å². The van der Waals surface area contributed by atoms with Crippen molar-refractivity contribution in [2.45, 2.75) is 19.8 Å². The third-order valence-electron chi connectivity index (χ3n) is 2.02. The maximum Gasteiger partial charge on any atom is 0.573 e. The summed E-state index contributed by atoms with van der Waals surface area (Å²) in [4.78, 5) is 15.2. The van der Waals surface area contributed by atoms with Crippen LogP contribution in [0.5, 0.6) is 5.75 Å². The number of rotatable bonds is 3. The molecule has 1 aromatic rings. The zero-order valence-electron chi connectivity index (χ0n) is 9.67. The van der Waals surface area contributed by atoms with Gasteiger partial charge in [0.1, 0.15) is 5.75 Å². The van der Waals surface area contributed by atoms with Gasteiger partial charge in [0.2, 0.25) is 0 Å². The van der Waals surface area contributed by atoms with Gasteiger partial charge in [0.15, 0.2) is 5.69 Å². The van der Waals surface area contributed by atoms with Gasteiger partial charge in [0.25, 0.3) is 0 Å². The predicted octanol–water partition coefficient (Wildman–Crippen LogP) is 1.53. The number of aromatic nitrogens is 1. The van der Waals surface area contributed by atoms with E-state index in [0.717, 1.165) is 13.2 Å². The van der Waals surface area contributed by atoms with Gasteiger partial charge < -0.3 is 15.2 Å². The molecule has 0 saturated heterocycles. The van der Waals surface area contributed by atoms with Gasteiger partial charge in [-0.1, -0.05) is 0 Å². The molecule has 0 atom stereocenters. The summed E-state index contributed by atoms with van der Waals surface area (Å²) >= 11 is 0. The molecule has 0 aliphatic carbocycles. The molecule has 5 nitrogen and oxygen atoms in total. The number of nitrogens with two attached hydrogens (primary N) is 1. The Labute approximate surface area is 101 Å². The minimum Gasteiger partial charge on any atom is -0.464 e. The SMILES string of the molecule is COC(=O)c1nc(C)cc(OC(F)(F)F)c1CN. The normalized spacial score (nSPS) is 11.2. The Hall–Kier alpha value is -1.83. The number of carbonyl (C=O) groups excluding carboxylic acids is 1. The summed E-state index contributed by atoms with van der Waals surface area (Å²) in [5.74, 6) is -1.41. The molecule has 18 heavy (non-hydrogen) atoms. The highest BCUT2D eigenvalue weighted by Gasteiger charge is 2.33. The lowest BCUT2D eigenvalue weighted by atomic mass is 10.1. The van der Waals surface area contributed by atoms with E-state index in [0.29, 0.717) is 0 Å². The summed E-state index contributed by atoms with van der Waals surface area (Å²) < 4.78 is 44.9. The lowest BCUT2D eigenvalue weighted by molar-refractivity contribution is -0.274. The molecule has 0 bridgehead atoms. The molecule has 1 aromatic heterocycles. The molecule has 0 aliphatic rings. The van der Waals surface area contributed by atoms with Crippen LogP contribution in [0.3, 0.4) is 0 Å². The summed E-state index contributed by atoms with van der Waals surface area (Å²) in [6.45, 7) is 1.10. The van der Waals surface area contributed by atoms with Gasteiger partial charge in [-0.05, 0) is 6.92 Å². The molecule has 1 rings (SSSR count). The van der Waals surface area contributed by atoms with Gasteiger partial charge >= 0.3 is 12.3 Å². The number of hydrogen-bond donors (Lipinski definition) is 1. The van der Waals surface area contributed by atoms with Gasteiger partial charge in [0.05, 0.1) is 7.11 Å². The van der Waals surface area contributed by atoms with E-state index in [1.54, 1.807) is 0 Å². The molecule has 0 saturated carbocycles. The minimum atomic E-state index is -4.87. The Balaban J connectivity index is 3.33. The molecule has 8 heteroatoms. The summed E-state index contributed by atoms with van der Waals surface area (Å²) in [5.41, 5.74) is 5.08. The van der Waals surface area contributed by atoms with Gasteiger partial charge in [-0.3, -0.25) is 0 Å². The Bertz CT molecular complexity index is 460. The number of hydrogen-bond acceptors (Lipinski definition) is 5. The number of methoxy groups -OCH3 is 1. The van der Waals surface area contributed by atoms with Crippen LogP contribution in [-0.4, -0.2) is 24.4 Å². The quantitative estimate of drug-likeness (QED) is 0.838. The first-order valence-electron chi connectivity index (χ1n) is 4.83. The topological polar surface area (TPSA) is 74.4 Å². The highest BCUT2D eigenvalue weighted by molar-refractivity contribution is 5.89. The molecule has 0 fully saturated rings. The van der Waals surface area contributed by atoms with Gasteiger partial charge in [-0.2, -0.15) is 0 Å². The number of aryl methyl sites for hydroxylation is 1. The first-order chi connectivity index (χ1) is 8.28. The molecular weight excluding hydrogens is 253 g/mol. The van der Waals surface area contributed by atoms with Crippen LogP contribution in [0.15, 0.2) is 6.07 Å². The molecule has 0 aliphatic heterocycles. The van der Waals surface area contributed by atoms with Crippen LogP contribution in [0.4, 0.5) is 13.2 Å². The van der Waals surface area contributed by atoms with Crippen molar-refractivity contribution in [3.63, 3.8) is 0 Å². The third kappa shape index (κ3) is 3.33. The van der Waals surface area contributed by atoms with E-state index >= 15 is 0 Å². The predicted molar refractivity (Wildman–Crippen MR) is 54.9 cm³/mol. The lowest BCUT2D eigenvalue weighted by Crippen LogP contribution is -2.21. The van der Waals surface area contributed by atoms with Crippen molar-refractivity contribution in [1.29, 1.82) is 0 Å². The fraction of sp³-hybridized carbons (Fsp3) is 0.400. The highest BCUT2D eigenvalue weighted by atomic mass is 19.4. The number of carbonyl (C=O) groups is 1. The second-order valence-electron chi connectivity index (χ2n) is 3.33. The van der Waals surface area contributed by atoms with Crippen LogP contribution in [0.2, 0.25) is 0 Å². The Morgan fingerprint density at radius 2 is 2.11 bits per heavy atom. The van der Waals surface area contributed by atoms with Crippen LogP contribution in [0.25, 0.3) is 0 Å². The summed E-state index contributed by atoms with van der Waals surface area (Å²) in [7, 11) is 1.09. The first kappa shape index (κ1) is 14.2. The number of esters is 1. The van der Waals surface area contributed by atoms with Gasteiger partial charge in [-0.15, -0.1) is 13.2 Å². The molecule has 1 heterocycles. The van der Waals surface area contributed by atoms with E-state index in [-0.39, 0.29) is 23.5 Å². The number of alkyl halides is 3. The van der Waals surface area contributed by atoms with Crippen molar-refractivity contribution < 1.29 is 27.4 Å². The van der Waals surface area contributed by atoms with Crippen LogP contribution < -0.4 is 10.5 Å².